The third-order valence-corrected chi connectivity index (χ3v) is 3.28. The lowest BCUT2D eigenvalue weighted by molar-refractivity contribution is 0.572. The molecule has 0 aliphatic carbocycles. The molecule has 2 aromatic carbocycles. The van der Waals surface area contributed by atoms with E-state index >= 15 is 0 Å². The number of nitrogens with one attached hydrogen (secondary N) is 1. The van der Waals surface area contributed by atoms with E-state index in [1.54, 1.807) is 0 Å². The molecule has 0 radical (unpaired) electrons. The van der Waals surface area contributed by atoms with E-state index in [9.17, 15) is 8.78 Å². The Morgan fingerprint density at radius 1 is 1.10 bits per heavy atom. The van der Waals surface area contributed by atoms with Crippen LogP contribution in [0.1, 0.15) is 11.3 Å². The summed E-state index contributed by atoms with van der Waals surface area (Å²) in [5, 5.41) is 3.89. The zero-order chi connectivity index (χ0) is 14.1. The van der Waals surface area contributed by atoms with Crippen LogP contribution in [0.5, 0.6) is 0 Å². The van der Waals surface area contributed by atoms with Crippen molar-refractivity contribution in [3.63, 3.8) is 0 Å². The molecule has 1 N–H and O–H groups in total. The summed E-state index contributed by atoms with van der Waals surface area (Å²) >= 11 is 0. The molecule has 3 rings (SSSR count). The van der Waals surface area contributed by atoms with Crippen molar-refractivity contribution in [3.05, 3.63) is 65.4 Å². The largest absolute Gasteiger partial charge is 0.461 e. The molecule has 0 amide bonds. The van der Waals surface area contributed by atoms with Crippen LogP contribution in [0.2, 0.25) is 0 Å². The maximum Gasteiger partial charge on any atom is 0.146 e. The third-order valence-electron chi connectivity index (χ3n) is 3.28. The molecule has 0 aliphatic heterocycles. The number of anilines is 1. The molecule has 0 atom stereocenters. The van der Waals surface area contributed by atoms with Crippen molar-refractivity contribution in [1.82, 2.24) is 0 Å². The van der Waals surface area contributed by atoms with Gasteiger partial charge in [-0.2, -0.15) is 0 Å². The molecule has 0 saturated heterocycles. The molecule has 0 saturated carbocycles. The Bertz CT molecular complexity index is 764. The summed E-state index contributed by atoms with van der Waals surface area (Å²) in [6.45, 7) is 2.24. The fourth-order valence-corrected chi connectivity index (χ4v) is 2.26. The predicted molar refractivity (Wildman–Crippen MR) is 74.6 cm³/mol. The number of hydrogen-bond donors (Lipinski definition) is 1. The minimum absolute atomic E-state index is 0.148. The number of hydrogen-bond acceptors (Lipinski definition) is 2. The van der Waals surface area contributed by atoms with Gasteiger partial charge in [0.05, 0.1) is 5.69 Å². The first kappa shape index (κ1) is 12.7. The van der Waals surface area contributed by atoms with Gasteiger partial charge in [0.25, 0.3) is 0 Å². The Balaban J connectivity index is 1.90. The van der Waals surface area contributed by atoms with Crippen LogP contribution in [-0.2, 0) is 6.54 Å². The van der Waals surface area contributed by atoms with Crippen LogP contribution >= 0.6 is 0 Å². The average Bonchev–Trinajstić information content (AvgIpc) is 2.75. The SMILES string of the molecule is Cc1oc2ccccc2c1CNc1cc(F)ccc1F. The van der Waals surface area contributed by atoms with Crippen molar-refractivity contribution >= 4 is 16.7 Å². The maximum atomic E-state index is 13.6. The Labute approximate surface area is 115 Å². The fourth-order valence-electron chi connectivity index (χ4n) is 2.26. The van der Waals surface area contributed by atoms with Gasteiger partial charge in [0.2, 0.25) is 0 Å². The summed E-state index contributed by atoms with van der Waals surface area (Å²) in [4.78, 5) is 0. The van der Waals surface area contributed by atoms with Crippen LogP contribution in [-0.4, -0.2) is 0 Å². The standard InChI is InChI=1S/C16H13F2NO/c1-10-13(12-4-2-3-5-16(12)20-10)9-19-15-8-11(17)6-7-14(15)18/h2-8,19H,9H2,1H3. The van der Waals surface area contributed by atoms with Crippen LogP contribution in [0, 0.1) is 18.6 Å². The minimum atomic E-state index is -0.475. The van der Waals surface area contributed by atoms with Gasteiger partial charge >= 0.3 is 0 Å². The van der Waals surface area contributed by atoms with E-state index in [1.807, 2.05) is 31.2 Å². The number of halogens is 2. The van der Waals surface area contributed by atoms with Gasteiger partial charge in [-0.05, 0) is 31.2 Å². The molecule has 1 heterocycles. The van der Waals surface area contributed by atoms with E-state index in [0.717, 1.165) is 40.5 Å². The lowest BCUT2D eigenvalue weighted by Gasteiger charge is -2.07. The highest BCUT2D eigenvalue weighted by molar-refractivity contribution is 5.82. The highest BCUT2D eigenvalue weighted by Crippen LogP contribution is 2.26. The van der Waals surface area contributed by atoms with E-state index in [-0.39, 0.29) is 5.69 Å². The van der Waals surface area contributed by atoms with Gasteiger partial charge in [0, 0.05) is 17.5 Å². The Morgan fingerprint density at radius 2 is 1.90 bits per heavy atom. The second-order valence-electron chi connectivity index (χ2n) is 4.61. The summed E-state index contributed by atoms with van der Waals surface area (Å²) in [6, 6.07) is 11.0. The third kappa shape index (κ3) is 2.25. The van der Waals surface area contributed by atoms with Crippen molar-refractivity contribution < 1.29 is 13.2 Å². The lowest BCUT2D eigenvalue weighted by Crippen LogP contribution is -2.02. The van der Waals surface area contributed by atoms with Crippen molar-refractivity contribution in [1.29, 1.82) is 0 Å². The molecule has 4 heteroatoms. The first-order chi connectivity index (χ1) is 9.65. The maximum absolute atomic E-state index is 13.6. The molecular weight excluding hydrogens is 260 g/mol. The number of aryl methyl sites for hydroxylation is 1. The number of para-hydroxylation sites is 1. The summed E-state index contributed by atoms with van der Waals surface area (Å²) in [7, 11) is 0. The molecule has 0 aliphatic rings. The van der Waals surface area contributed by atoms with Crippen molar-refractivity contribution in [3.8, 4) is 0 Å². The molecule has 0 spiro atoms. The Hall–Kier alpha value is -2.36. The van der Waals surface area contributed by atoms with Crippen LogP contribution in [0.15, 0.2) is 46.9 Å². The highest BCUT2D eigenvalue weighted by Gasteiger charge is 2.11. The highest BCUT2D eigenvalue weighted by atomic mass is 19.1. The second kappa shape index (κ2) is 4.96. The van der Waals surface area contributed by atoms with Gasteiger partial charge < -0.3 is 9.73 Å². The predicted octanol–water partition coefficient (Wildman–Crippen LogP) is 4.63. The lowest BCUT2D eigenvalue weighted by atomic mass is 10.1. The van der Waals surface area contributed by atoms with E-state index in [2.05, 4.69) is 5.32 Å². The van der Waals surface area contributed by atoms with Crippen LogP contribution in [0.3, 0.4) is 0 Å². The summed E-state index contributed by atoms with van der Waals surface area (Å²) in [5.41, 5.74) is 1.89. The first-order valence-electron chi connectivity index (χ1n) is 6.31. The zero-order valence-corrected chi connectivity index (χ0v) is 10.9. The van der Waals surface area contributed by atoms with E-state index in [4.69, 9.17) is 4.42 Å². The number of benzene rings is 2. The van der Waals surface area contributed by atoms with Gasteiger partial charge in [0.1, 0.15) is 23.0 Å². The smallest absolute Gasteiger partial charge is 0.146 e. The topological polar surface area (TPSA) is 25.2 Å². The first-order valence-corrected chi connectivity index (χ1v) is 6.31. The molecule has 20 heavy (non-hydrogen) atoms. The quantitative estimate of drug-likeness (QED) is 0.752. The summed E-state index contributed by atoms with van der Waals surface area (Å²) in [5.74, 6) is -0.171. The van der Waals surface area contributed by atoms with Gasteiger partial charge in [-0.15, -0.1) is 0 Å². The van der Waals surface area contributed by atoms with Crippen molar-refractivity contribution in [2.45, 2.75) is 13.5 Å². The van der Waals surface area contributed by atoms with E-state index < -0.39 is 11.6 Å². The summed E-state index contributed by atoms with van der Waals surface area (Å²) < 4.78 is 32.3. The van der Waals surface area contributed by atoms with Crippen LogP contribution < -0.4 is 5.32 Å². The summed E-state index contributed by atoms with van der Waals surface area (Å²) in [6.07, 6.45) is 0. The zero-order valence-electron chi connectivity index (χ0n) is 10.9. The monoisotopic (exact) mass is 273 g/mol. The number of rotatable bonds is 3. The van der Waals surface area contributed by atoms with Crippen LogP contribution in [0.4, 0.5) is 14.5 Å². The van der Waals surface area contributed by atoms with Gasteiger partial charge in [-0.1, -0.05) is 18.2 Å². The Kier molecular flexibility index (Phi) is 3.14. The molecule has 0 unspecified atom stereocenters. The molecular formula is C16H13F2NO. The van der Waals surface area contributed by atoms with Gasteiger partial charge in [-0.3, -0.25) is 0 Å². The molecule has 102 valence electrons. The van der Waals surface area contributed by atoms with Crippen LogP contribution in [0.25, 0.3) is 11.0 Å². The number of fused-ring (bicyclic) bond motifs is 1. The van der Waals surface area contributed by atoms with E-state index in [1.165, 1.54) is 0 Å². The second-order valence-corrected chi connectivity index (χ2v) is 4.61. The Morgan fingerprint density at radius 3 is 2.75 bits per heavy atom. The molecule has 0 bridgehead atoms. The molecule has 0 fully saturated rings. The normalized spacial score (nSPS) is 10.9. The number of furan rings is 1. The fraction of sp³-hybridized carbons (Fsp3) is 0.125. The van der Waals surface area contributed by atoms with Crippen molar-refractivity contribution in [2.75, 3.05) is 5.32 Å². The van der Waals surface area contributed by atoms with Gasteiger partial charge in [-0.25, -0.2) is 8.78 Å². The van der Waals surface area contributed by atoms with Crippen molar-refractivity contribution in [2.24, 2.45) is 0 Å². The average molecular weight is 273 g/mol. The molecule has 1 aromatic heterocycles. The van der Waals surface area contributed by atoms with Gasteiger partial charge in [0.15, 0.2) is 0 Å². The minimum Gasteiger partial charge on any atom is -0.461 e. The molecule has 3 aromatic rings. The molecule has 2 nitrogen and oxygen atoms in total. The van der Waals surface area contributed by atoms with E-state index in [0.29, 0.717) is 6.54 Å².